The second-order valence-corrected chi connectivity index (χ2v) is 5.72. The van der Waals surface area contributed by atoms with Crippen LogP contribution in [0.25, 0.3) is 11.1 Å². The largest absolute Gasteiger partial charge is 0.441 e. The maximum absolute atomic E-state index is 5.79. The molecule has 0 amide bonds. The molecule has 104 valence electrons. The molecule has 0 aliphatic carbocycles. The first-order chi connectivity index (χ1) is 8.92. The average Bonchev–Trinajstić information content (AvgIpc) is 2.74. The van der Waals surface area contributed by atoms with Gasteiger partial charge in [0, 0.05) is 25.6 Å². The molecular formula is C15H23N3O. The van der Waals surface area contributed by atoms with Crippen molar-refractivity contribution in [3.05, 3.63) is 29.7 Å². The molecule has 4 nitrogen and oxygen atoms in total. The van der Waals surface area contributed by atoms with Crippen LogP contribution < -0.4 is 5.73 Å². The van der Waals surface area contributed by atoms with Gasteiger partial charge in [0.05, 0.1) is 0 Å². The summed E-state index contributed by atoms with van der Waals surface area (Å²) in [4.78, 5) is 6.60. The average molecular weight is 261 g/mol. The number of hydrogen-bond donors (Lipinski definition) is 1. The van der Waals surface area contributed by atoms with Crippen LogP contribution in [0.4, 0.5) is 0 Å². The van der Waals surface area contributed by atoms with E-state index in [4.69, 9.17) is 10.2 Å². The first-order valence-corrected chi connectivity index (χ1v) is 6.70. The Kier molecular flexibility index (Phi) is 3.92. The van der Waals surface area contributed by atoms with Crippen LogP contribution in [0.15, 0.2) is 22.6 Å². The second kappa shape index (κ2) is 5.31. The van der Waals surface area contributed by atoms with E-state index in [1.165, 1.54) is 5.56 Å². The van der Waals surface area contributed by atoms with E-state index in [9.17, 15) is 0 Å². The molecule has 2 rings (SSSR count). The second-order valence-electron chi connectivity index (χ2n) is 5.72. The zero-order valence-electron chi connectivity index (χ0n) is 12.2. The van der Waals surface area contributed by atoms with Gasteiger partial charge in [-0.05, 0) is 45.0 Å². The van der Waals surface area contributed by atoms with E-state index in [0.717, 1.165) is 24.1 Å². The summed E-state index contributed by atoms with van der Waals surface area (Å²) in [5, 5.41) is 0. The third-order valence-electron chi connectivity index (χ3n) is 3.83. The highest BCUT2D eigenvalue weighted by atomic mass is 16.3. The molecule has 0 bridgehead atoms. The van der Waals surface area contributed by atoms with Crippen LogP contribution in [0.1, 0.15) is 25.3 Å². The third-order valence-corrected chi connectivity index (χ3v) is 3.83. The summed E-state index contributed by atoms with van der Waals surface area (Å²) in [6.45, 7) is 7.83. The molecule has 0 fully saturated rings. The molecule has 4 heteroatoms. The number of oxazole rings is 1. The third kappa shape index (κ3) is 3.14. The van der Waals surface area contributed by atoms with E-state index in [2.05, 4.69) is 42.9 Å². The molecule has 0 saturated heterocycles. The Balaban J connectivity index is 2.05. The fraction of sp³-hybridized carbons (Fsp3) is 0.533. The van der Waals surface area contributed by atoms with E-state index in [0.29, 0.717) is 12.4 Å². The molecule has 1 heterocycles. The van der Waals surface area contributed by atoms with Crippen LogP contribution in [0.2, 0.25) is 0 Å². The van der Waals surface area contributed by atoms with Crippen LogP contribution in [0.3, 0.4) is 0 Å². The van der Waals surface area contributed by atoms with Gasteiger partial charge in [-0.1, -0.05) is 6.07 Å². The van der Waals surface area contributed by atoms with Gasteiger partial charge in [-0.2, -0.15) is 0 Å². The number of hydrogen-bond acceptors (Lipinski definition) is 4. The molecule has 19 heavy (non-hydrogen) atoms. The van der Waals surface area contributed by atoms with Crippen LogP contribution in [-0.2, 0) is 6.42 Å². The molecule has 0 radical (unpaired) electrons. The molecule has 0 spiro atoms. The van der Waals surface area contributed by atoms with E-state index >= 15 is 0 Å². The van der Waals surface area contributed by atoms with Crippen LogP contribution in [0, 0.1) is 6.92 Å². The van der Waals surface area contributed by atoms with Gasteiger partial charge < -0.3 is 10.2 Å². The lowest BCUT2D eigenvalue weighted by atomic mass is 10.0. The number of aromatic nitrogens is 1. The predicted molar refractivity (Wildman–Crippen MR) is 78.2 cm³/mol. The quantitative estimate of drug-likeness (QED) is 0.897. The first kappa shape index (κ1) is 14.0. The minimum Gasteiger partial charge on any atom is -0.441 e. The standard InChI is InChI=1S/C15H23N3O/c1-11-17-13-6-5-12(9-14(13)19-11)7-8-18(4)15(2,3)10-16/h5-6,9H,7-8,10,16H2,1-4H3. The molecule has 2 aromatic rings. The fourth-order valence-corrected chi connectivity index (χ4v) is 2.00. The Morgan fingerprint density at radius 3 is 2.79 bits per heavy atom. The molecule has 0 aliphatic heterocycles. The summed E-state index contributed by atoms with van der Waals surface area (Å²) in [6, 6.07) is 6.22. The van der Waals surface area contributed by atoms with Crippen LogP contribution >= 0.6 is 0 Å². The van der Waals surface area contributed by atoms with Crippen molar-refractivity contribution in [1.82, 2.24) is 9.88 Å². The highest BCUT2D eigenvalue weighted by Crippen LogP contribution is 2.18. The molecule has 0 saturated carbocycles. The van der Waals surface area contributed by atoms with Gasteiger partial charge in [0.1, 0.15) is 5.52 Å². The number of fused-ring (bicyclic) bond motifs is 1. The van der Waals surface area contributed by atoms with Crippen molar-refractivity contribution in [2.45, 2.75) is 32.7 Å². The summed E-state index contributed by atoms with van der Waals surface area (Å²) in [5.74, 6) is 0.716. The SMILES string of the molecule is Cc1nc2ccc(CCN(C)C(C)(C)CN)cc2o1. The first-order valence-electron chi connectivity index (χ1n) is 6.70. The summed E-state index contributed by atoms with van der Waals surface area (Å²) in [6.07, 6.45) is 0.982. The lowest BCUT2D eigenvalue weighted by Gasteiger charge is -2.34. The molecule has 0 aliphatic rings. The van der Waals surface area contributed by atoms with Gasteiger partial charge >= 0.3 is 0 Å². The minimum atomic E-state index is 0.0346. The highest BCUT2D eigenvalue weighted by molar-refractivity contribution is 5.73. The number of nitrogens with two attached hydrogens (primary N) is 1. The molecule has 0 unspecified atom stereocenters. The van der Waals surface area contributed by atoms with Gasteiger partial charge in [0.15, 0.2) is 11.5 Å². The Bertz CT molecular complexity index is 560. The Hall–Kier alpha value is -1.39. The Morgan fingerprint density at radius 2 is 2.11 bits per heavy atom. The highest BCUT2D eigenvalue weighted by Gasteiger charge is 2.20. The summed E-state index contributed by atoms with van der Waals surface area (Å²) in [5.41, 5.74) is 8.89. The lowest BCUT2D eigenvalue weighted by Crippen LogP contribution is -2.47. The smallest absolute Gasteiger partial charge is 0.192 e. The topological polar surface area (TPSA) is 55.3 Å². The molecule has 1 aromatic carbocycles. The number of aryl methyl sites for hydroxylation is 1. The van der Waals surface area contributed by atoms with Crippen molar-refractivity contribution < 1.29 is 4.42 Å². The van der Waals surface area contributed by atoms with E-state index in [-0.39, 0.29) is 5.54 Å². The van der Waals surface area contributed by atoms with Gasteiger partial charge in [-0.3, -0.25) is 4.90 Å². The van der Waals surface area contributed by atoms with Crippen LogP contribution in [0.5, 0.6) is 0 Å². The van der Waals surface area contributed by atoms with E-state index < -0.39 is 0 Å². The van der Waals surface area contributed by atoms with E-state index in [1.807, 2.05) is 13.0 Å². The minimum absolute atomic E-state index is 0.0346. The van der Waals surface area contributed by atoms with Crippen molar-refractivity contribution >= 4 is 11.1 Å². The Labute approximate surface area is 114 Å². The summed E-state index contributed by atoms with van der Waals surface area (Å²) in [7, 11) is 2.12. The zero-order chi connectivity index (χ0) is 14.0. The van der Waals surface area contributed by atoms with Crippen molar-refractivity contribution in [3.8, 4) is 0 Å². The van der Waals surface area contributed by atoms with Crippen molar-refractivity contribution in [2.75, 3.05) is 20.1 Å². The number of likely N-dealkylation sites (N-methyl/N-ethyl adjacent to an activating group) is 1. The van der Waals surface area contributed by atoms with Crippen molar-refractivity contribution in [2.24, 2.45) is 5.73 Å². The predicted octanol–water partition coefficient (Wildman–Crippen LogP) is 2.35. The Morgan fingerprint density at radius 1 is 1.37 bits per heavy atom. The number of benzene rings is 1. The monoisotopic (exact) mass is 261 g/mol. The van der Waals surface area contributed by atoms with Gasteiger partial charge in [0.2, 0.25) is 0 Å². The molecule has 0 atom stereocenters. The van der Waals surface area contributed by atoms with Gasteiger partial charge in [-0.25, -0.2) is 4.98 Å². The maximum Gasteiger partial charge on any atom is 0.192 e. The number of rotatable bonds is 5. The maximum atomic E-state index is 5.79. The lowest BCUT2D eigenvalue weighted by molar-refractivity contribution is 0.166. The molecule has 1 aromatic heterocycles. The molecule has 2 N–H and O–H groups in total. The van der Waals surface area contributed by atoms with Crippen molar-refractivity contribution in [3.63, 3.8) is 0 Å². The van der Waals surface area contributed by atoms with Crippen LogP contribution in [-0.4, -0.2) is 35.6 Å². The molecular weight excluding hydrogens is 238 g/mol. The summed E-state index contributed by atoms with van der Waals surface area (Å²) < 4.78 is 5.56. The number of nitrogens with zero attached hydrogens (tertiary/aromatic N) is 2. The summed E-state index contributed by atoms with van der Waals surface area (Å²) >= 11 is 0. The van der Waals surface area contributed by atoms with Gasteiger partial charge in [-0.15, -0.1) is 0 Å². The van der Waals surface area contributed by atoms with E-state index in [1.54, 1.807) is 0 Å². The fourth-order valence-electron chi connectivity index (χ4n) is 2.00. The zero-order valence-corrected chi connectivity index (χ0v) is 12.2. The van der Waals surface area contributed by atoms with Crippen molar-refractivity contribution in [1.29, 1.82) is 0 Å². The normalized spacial score (nSPS) is 12.5. The van der Waals surface area contributed by atoms with Gasteiger partial charge in [0.25, 0.3) is 0 Å².